The monoisotopic (exact) mass is 272 g/mol. The highest BCUT2D eigenvalue weighted by Crippen LogP contribution is 2.35. The number of benzene rings is 1. The predicted octanol–water partition coefficient (Wildman–Crippen LogP) is 2.13. The quantitative estimate of drug-likeness (QED) is 0.393. The summed E-state index contributed by atoms with van der Waals surface area (Å²) in [7, 11) is 0. The molecule has 0 radical (unpaired) electrons. The van der Waals surface area contributed by atoms with E-state index in [1.807, 2.05) is 0 Å². The SMILES string of the molecule is CC(=O)Nc1cc(Cl)c([N+](=O)[O-])cc1OC(C)=O. The average molecular weight is 273 g/mol. The third kappa shape index (κ3) is 3.42. The second-order valence-corrected chi connectivity index (χ2v) is 3.74. The van der Waals surface area contributed by atoms with Crippen molar-refractivity contribution >= 4 is 34.9 Å². The largest absolute Gasteiger partial charge is 0.424 e. The van der Waals surface area contributed by atoms with E-state index in [0.29, 0.717) is 0 Å². The van der Waals surface area contributed by atoms with Crippen LogP contribution in [0.2, 0.25) is 5.02 Å². The van der Waals surface area contributed by atoms with Gasteiger partial charge < -0.3 is 10.1 Å². The molecule has 0 bridgehead atoms. The molecule has 1 N–H and O–H groups in total. The van der Waals surface area contributed by atoms with Gasteiger partial charge in [0.2, 0.25) is 5.91 Å². The molecule has 1 aromatic carbocycles. The minimum atomic E-state index is -0.715. The summed E-state index contributed by atoms with van der Waals surface area (Å²) in [6, 6.07) is 2.13. The summed E-state index contributed by atoms with van der Waals surface area (Å²) in [5.74, 6) is -1.22. The summed E-state index contributed by atoms with van der Waals surface area (Å²) < 4.78 is 4.78. The van der Waals surface area contributed by atoms with Gasteiger partial charge in [0.25, 0.3) is 5.69 Å². The Balaban J connectivity index is 3.31. The first-order valence-electron chi connectivity index (χ1n) is 4.75. The lowest BCUT2D eigenvalue weighted by Gasteiger charge is -2.09. The maximum atomic E-state index is 11.0. The Hall–Kier alpha value is -2.15. The van der Waals surface area contributed by atoms with Crippen molar-refractivity contribution in [2.45, 2.75) is 13.8 Å². The molecule has 0 aliphatic heterocycles. The van der Waals surface area contributed by atoms with Crippen LogP contribution in [0.1, 0.15) is 13.8 Å². The Morgan fingerprint density at radius 2 is 2.00 bits per heavy atom. The zero-order valence-electron chi connectivity index (χ0n) is 9.52. The Morgan fingerprint density at radius 1 is 1.39 bits per heavy atom. The number of carbonyl (C=O) groups is 2. The molecule has 0 aliphatic rings. The van der Waals surface area contributed by atoms with Gasteiger partial charge in [0.15, 0.2) is 5.75 Å². The second kappa shape index (κ2) is 5.46. The summed E-state index contributed by atoms with van der Waals surface area (Å²) in [6.45, 7) is 2.38. The van der Waals surface area contributed by atoms with Crippen molar-refractivity contribution in [1.29, 1.82) is 0 Å². The zero-order chi connectivity index (χ0) is 13.9. The molecule has 0 heterocycles. The topological polar surface area (TPSA) is 98.5 Å². The van der Waals surface area contributed by atoms with Gasteiger partial charge in [0.05, 0.1) is 16.7 Å². The van der Waals surface area contributed by atoms with Crippen LogP contribution in [0.25, 0.3) is 0 Å². The van der Waals surface area contributed by atoms with Crippen LogP contribution >= 0.6 is 11.6 Å². The van der Waals surface area contributed by atoms with E-state index >= 15 is 0 Å². The molecule has 0 saturated heterocycles. The lowest BCUT2D eigenvalue weighted by Crippen LogP contribution is -2.10. The van der Waals surface area contributed by atoms with Crippen LogP contribution in [0.4, 0.5) is 11.4 Å². The van der Waals surface area contributed by atoms with Crippen LogP contribution in [0.5, 0.6) is 5.75 Å². The third-order valence-corrected chi connectivity index (χ3v) is 2.11. The van der Waals surface area contributed by atoms with E-state index in [0.717, 1.165) is 19.1 Å². The van der Waals surface area contributed by atoms with Crippen molar-refractivity contribution in [1.82, 2.24) is 0 Å². The number of anilines is 1. The van der Waals surface area contributed by atoms with E-state index in [9.17, 15) is 19.7 Å². The minimum absolute atomic E-state index is 0.0910. The summed E-state index contributed by atoms with van der Waals surface area (Å²) >= 11 is 5.68. The van der Waals surface area contributed by atoms with Crippen molar-refractivity contribution < 1.29 is 19.2 Å². The number of hydrogen-bond donors (Lipinski definition) is 1. The second-order valence-electron chi connectivity index (χ2n) is 3.33. The van der Waals surface area contributed by atoms with Gasteiger partial charge in [-0.15, -0.1) is 0 Å². The number of esters is 1. The van der Waals surface area contributed by atoms with Crippen LogP contribution in [0.3, 0.4) is 0 Å². The number of nitrogens with one attached hydrogen (secondary N) is 1. The summed E-state index contributed by atoms with van der Waals surface area (Å²) in [6.07, 6.45) is 0. The molecular formula is C10H9ClN2O5. The number of nitro groups is 1. The Morgan fingerprint density at radius 3 is 2.44 bits per heavy atom. The van der Waals surface area contributed by atoms with Gasteiger partial charge in [-0.3, -0.25) is 19.7 Å². The van der Waals surface area contributed by atoms with Gasteiger partial charge in [-0.25, -0.2) is 0 Å². The lowest BCUT2D eigenvalue weighted by molar-refractivity contribution is -0.384. The van der Waals surface area contributed by atoms with Crippen LogP contribution in [0.15, 0.2) is 12.1 Å². The van der Waals surface area contributed by atoms with E-state index in [1.165, 1.54) is 6.92 Å². The number of nitro benzene ring substituents is 1. The van der Waals surface area contributed by atoms with Crippen LogP contribution < -0.4 is 10.1 Å². The molecule has 1 aromatic rings. The number of amides is 1. The van der Waals surface area contributed by atoms with Gasteiger partial charge in [-0.1, -0.05) is 11.6 Å². The molecule has 0 fully saturated rings. The normalized spacial score (nSPS) is 9.72. The third-order valence-electron chi connectivity index (χ3n) is 1.81. The van der Waals surface area contributed by atoms with Gasteiger partial charge in [-0.05, 0) is 6.07 Å². The molecule has 8 heteroatoms. The smallest absolute Gasteiger partial charge is 0.308 e. The van der Waals surface area contributed by atoms with Crippen molar-refractivity contribution in [3.8, 4) is 5.75 Å². The Labute approximate surface area is 107 Å². The molecule has 0 atom stereocenters. The first-order chi connectivity index (χ1) is 8.31. The molecule has 0 aromatic heterocycles. The highest BCUT2D eigenvalue weighted by Gasteiger charge is 2.19. The molecule has 7 nitrogen and oxygen atoms in total. The van der Waals surface area contributed by atoms with Gasteiger partial charge in [0.1, 0.15) is 5.02 Å². The van der Waals surface area contributed by atoms with E-state index in [-0.39, 0.29) is 16.5 Å². The van der Waals surface area contributed by atoms with Crippen LogP contribution in [-0.2, 0) is 9.59 Å². The molecule has 0 spiro atoms. The molecule has 96 valence electrons. The van der Waals surface area contributed by atoms with Gasteiger partial charge >= 0.3 is 5.97 Å². The van der Waals surface area contributed by atoms with E-state index < -0.39 is 22.5 Å². The summed E-state index contributed by atoms with van der Waals surface area (Å²) in [5.41, 5.74) is -0.324. The van der Waals surface area contributed by atoms with Crippen molar-refractivity contribution in [2.24, 2.45) is 0 Å². The molecular weight excluding hydrogens is 264 g/mol. The first kappa shape index (κ1) is 13.9. The van der Waals surface area contributed by atoms with E-state index in [4.69, 9.17) is 16.3 Å². The van der Waals surface area contributed by atoms with Gasteiger partial charge in [-0.2, -0.15) is 0 Å². The van der Waals surface area contributed by atoms with Crippen molar-refractivity contribution in [2.75, 3.05) is 5.32 Å². The highest BCUT2D eigenvalue weighted by molar-refractivity contribution is 6.33. The number of hydrogen-bond acceptors (Lipinski definition) is 5. The Kier molecular flexibility index (Phi) is 4.22. The van der Waals surface area contributed by atoms with Crippen LogP contribution in [-0.4, -0.2) is 16.8 Å². The van der Waals surface area contributed by atoms with Crippen LogP contribution in [0, 0.1) is 10.1 Å². The summed E-state index contributed by atoms with van der Waals surface area (Å²) in [4.78, 5) is 31.8. The molecule has 1 amide bonds. The highest BCUT2D eigenvalue weighted by atomic mass is 35.5. The fourth-order valence-electron chi connectivity index (χ4n) is 1.21. The van der Waals surface area contributed by atoms with E-state index in [2.05, 4.69) is 5.32 Å². The van der Waals surface area contributed by atoms with E-state index in [1.54, 1.807) is 0 Å². The maximum absolute atomic E-state index is 11.0. The maximum Gasteiger partial charge on any atom is 0.308 e. The lowest BCUT2D eigenvalue weighted by atomic mass is 10.2. The summed E-state index contributed by atoms with van der Waals surface area (Å²) in [5, 5.41) is 12.9. The molecule has 0 unspecified atom stereocenters. The zero-order valence-corrected chi connectivity index (χ0v) is 10.3. The fraction of sp³-hybridized carbons (Fsp3) is 0.200. The average Bonchev–Trinajstić information content (AvgIpc) is 2.19. The number of halogens is 1. The Bertz CT molecular complexity index is 529. The molecule has 18 heavy (non-hydrogen) atoms. The molecule has 0 aliphatic carbocycles. The number of carbonyl (C=O) groups excluding carboxylic acids is 2. The number of rotatable bonds is 3. The fourth-order valence-corrected chi connectivity index (χ4v) is 1.44. The van der Waals surface area contributed by atoms with Crippen molar-refractivity contribution in [3.63, 3.8) is 0 Å². The standard InChI is InChI=1S/C10H9ClN2O5/c1-5(14)12-8-3-7(11)9(13(16)17)4-10(8)18-6(2)15/h3-4H,1-2H3,(H,12,14). The number of ether oxygens (including phenoxy) is 1. The predicted molar refractivity (Wildman–Crippen MR) is 63.7 cm³/mol. The minimum Gasteiger partial charge on any atom is -0.424 e. The number of nitrogens with zero attached hydrogens (tertiary/aromatic N) is 1. The molecule has 1 rings (SSSR count). The first-order valence-corrected chi connectivity index (χ1v) is 5.13. The van der Waals surface area contributed by atoms with Gasteiger partial charge in [0, 0.05) is 13.8 Å². The molecule has 0 saturated carbocycles. The van der Waals surface area contributed by atoms with Crippen molar-refractivity contribution in [3.05, 3.63) is 27.3 Å².